The van der Waals surface area contributed by atoms with Gasteiger partial charge in [0, 0.05) is 5.69 Å². The predicted octanol–water partition coefficient (Wildman–Crippen LogP) is 3.52. The van der Waals surface area contributed by atoms with E-state index in [2.05, 4.69) is 10.0 Å². The average Bonchev–Trinajstić information content (AvgIpc) is 3.20. The van der Waals surface area contributed by atoms with E-state index in [0.717, 1.165) is 5.56 Å². The van der Waals surface area contributed by atoms with Crippen molar-refractivity contribution in [2.75, 3.05) is 16.6 Å². The van der Waals surface area contributed by atoms with Crippen LogP contribution in [0.15, 0.2) is 64.9 Å². The number of thiophene rings is 1. The Balaban J connectivity index is 1.58. The molecule has 0 atom stereocenters. The van der Waals surface area contributed by atoms with E-state index < -0.39 is 28.5 Å². The lowest BCUT2D eigenvalue weighted by Crippen LogP contribution is -2.21. The van der Waals surface area contributed by atoms with Gasteiger partial charge in [-0.2, -0.15) is 5.26 Å². The maximum atomic E-state index is 12.5. The van der Waals surface area contributed by atoms with Gasteiger partial charge in [0.25, 0.3) is 15.9 Å². The highest BCUT2D eigenvalue weighted by Crippen LogP contribution is 2.22. The number of carbonyl (C=O) groups is 2. The number of hydrogen-bond donors (Lipinski definition) is 2. The molecule has 2 aromatic carbocycles. The highest BCUT2D eigenvalue weighted by atomic mass is 32.2. The van der Waals surface area contributed by atoms with Crippen LogP contribution in [-0.4, -0.2) is 26.9 Å². The standard InChI is InChI=1S/C21H17N3O5S2/c1-14-2-6-17(7-3-14)24-31(27,28)18-8-4-15(5-9-18)21(26)29-13-19(25)23-20-16(12-22)10-11-30-20/h2-11,24H,13H2,1H3,(H,23,25). The number of anilines is 2. The molecule has 1 aromatic heterocycles. The Hall–Kier alpha value is -3.68. The molecule has 2 N–H and O–H groups in total. The van der Waals surface area contributed by atoms with Crippen molar-refractivity contribution in [2.45, 2.75) is 11.8 Å². The highest BCUT2D eigenvalue weighted by molar-refractivity contribution is 7.92. The molecule has 0 saturated heterocycles. The van der Waals surface area contributed by atoms with Crippen molar-refractivity contribution in [2.24, 2.45) is 0 Å². The summed E-state index contributed by atoms with van der Waals surface area (Å²) in [5, 5.41) is 13.5. The first-order valence-corrected chi connectivity index (χ1v) is 11.3. The Morgan fingerprint density at radius 1 is 1.06 bits per heavy atom. The van der Waals surface area contributed by atoms with Gasteiger partial charge < -0.3 is 10.1 Å². The number of esters is 1. The van der Waals surface area contributed by atoms with E-state index in [1.54, 1.807) is 35.7 Å². The van der Waals surface area contributed by atoms with Crippen LogP contribution in [0.5, 0.6) is 0 Å². The lowest BCUT2D eigenvalue weighted by atomic mass is 10.2. The molecule has 0 saturated carbocycles. The van der Waals surface area contributed by atoms with Crippen molar-refractivity contribution < 1.29 is 22.7 Å². The number of ether oxygens (including phenoxy) is 1. The third kappa shape index (κ3) is 5.69. The molecule has 31 heavy (non-hydrogen) atoms. The zero-order valence-electron chi connectivity index (χ0n) is 16.3. The molecular weight excluding hydrogens is 438 g/mol. The smallest absolute Gasteiger partial charge is 0.338 e. The molecule has 0 spiro atoms. The number of carbonyl (C=O) groups excluding carboxylic acids is 2. The number of nitriles is 1. The van der Waals surface area contributed by atoms with Gasteiger partial charge in [-0.3, -0.25) is 9.52 Å². The quantitative estimate of drug-likeness (QED) is 0.525. The lowest BCUT2D eigenvalue weighted by molar-refractivity contribution is -0.119. The van der Waals surface area contributed by atoms with E-state index in [1.165, 1.54) is 35.6 Å². The second kappa shape index (κ2) is 9.42. The van der Waals surface area contributed by atoms with Crippen LogP contribution in [0.1, 0.15) is 21.5 Å². The molecule has 0 fully saturated rings. The van der Waals surface area contributed by atoms with Crippen LogP contribution in [0, 0.1) is 18.3 Å². The number of nitrogens with one attached hydrogen (secondary N) is 2. The molecule has 158 valence electrons. The molecule has 0 radical (unpaired) electrons. The van der Waals surface area contributed by atoms with Crippen molar-refractivity contribution in [3.63, 3.8) is 0 Å². The molecule has 1 amide bonds. The van der Waals surface area contributed by atoms with Crippen molar-refractivity contribution >= 4 is 43.9 Å². The zero-order chi connectivity index (χ0) is 22.4. The summed E-state index contributed by atoms with van der Waals surface area (Å²) in [6.07, 6.45) is 0. The Labute approximate surface area is 183 Å². The first-order chi connectivity index (χ1) is 14.8. The van der Waals surface area contributed by atoms with Crippen molar-refractivity contribution in [3.8, 4) is 6.07 Å². The minimum absolute atomic E-state index is 0.0240. The van der Waals surface area contributed by atoms with Gasteiger partial charge in [-0.25, -0.2) is 13.2 Å². The molecule has 3 aromatic rings. The van der Waals surface area contributed by atoms with Crippen LogP contribution >= 0.6 is 11.3 Å². The maximum absolute atomic E-state index is 12.5. The Kier molecular flexibility index (Phi) is 6.69. The number of rotatable bonds is 7. The monoisotopic (exact) mass is 455 g/mol. The van der Waals surface area contributed by atoms with Gasteiger partial charge in [-0.15, -0.1) is 11.3 Å². The molecule has 0 aliphatic heterocycles. The molecule has 0 bridgehead atoms. The van der Waals surface area contributed by atoms with Crippen LogP contribution in [0.25, 0.3) is 0 Å². The van der Waals surface area contributed by atoms with E-state index in [-0.39, 0.29) is 10.5 Å². The van der Waals surface area contributed by atoms with Gasteiger partial charge in [0.05, 0.1) is 16.0 Å². The van der Waals surface area contributed by atoms with Gasteiger partial charge in [-0.1, -0.05) is 17.7 Å². The molecule has 8 nitrogen and oxygen atoms in total. The Bertz CT molecular complexity index is 1240. The van der Waals surface area contributed by atoms with E-state index in [9.17, 15) is 18.0 Å². The molecule has 1 heterocycles. The minimum Gasteiger partial charge on any atom is -0.452 e. The van der Waals surface area contributed by atoms with Crippen molar-refractivity contribution in [1.82, 2.24) is 0 Å². The molecular formula is C21H17N3O5S2. The van der Waals surface area contributed by atoms with Gasteiger partial charge >= 0.3 is 5.97 Å². The molecule has 0 aliphatic rings. The predicted molar refractivity (Wildman–Crippen MR) is 116 cm³/mol. The van der Waals surface area contributed by atoms with Gasteiger partial charge in [-0.05, 0) is 54.8 Å². The van der Waals surface area contributed by atoms with E-state index in [4.69, 9.17) is 10.00 Å². The fourth-order valence-electron chi connectivity index (χ4n) is 2.48. The summed E-state index contributed by atoms with van der Waals surface area (Å²) in [6.45, 7) is 1.35. The number of amides is 1. The van der Waals surface area contributed by atoms with Gasteiger partial charge in [0.15, 0.2) is 6.61 Å². The highest BCUT2D eigenvalue weighted by Gasteiger charge is 2.17. The lowest BCUT2D eigenvalue weighted by Gasteiger charge is -2.09. The Morgan fingerprint density at radius 2 is 1.74 bits per heavy atom. The largest absolute Gasteiger partial charge is 0.452 e. The number of hydrogen-bond acceptors (Lipinski definition) is 7. The molecule has 0 aliphatic carbocycles. The van der Waals surface area contributed by atoms with Gasteiger partial charge in [0.2, 0.25) is 0 Å². The topological polar surface area (TPSA) is 125 Å². The summed E-state index contributed by atoms with van der Waals surface area (Å²) in [5.41, 5.74) is 1.84. The second-order valence-corrected chi connectivity index (χ2v) is 8.99. The summed E-state index contributed by atoms with van der Waals surface area (Å²) < 4.78 is 32.4. The summed E-state index contributed by atoms with van der Waals surface area (Å²) >= 11 is 1.18. The third-order valence-corrected chi connectivity index (χ3v) is 6.30. The van der Waals surface area contributed by atoms with E-state index >= 15 is 0 Å². The maximum Gasteiger partial charge on any atom is 0.338 e. The summed E-state index contributed by atoms with van der Waals surface area (Å²) in [6, 6.07) is 15.5. The van der Waals surface area contributed by atoms with Crippen LogP contribution in [0.3, 0.4) is 0 Å². The van der Waals surface area contributed by atoms with Gasteiger partial charge in [0.1, 0.15) is 11.1 Å². The fraction of sp³-hybridized carbons (Fsp3) is 0.0952. The molecule has 0 unspecified atom stereocenters. The normalized spacial score (nSPS) is 10.7. The fourth-order valence-corrected chi connectivity index (χ4v) is 4.29. The summed E-state index contributed by atoms with van der Waals surface area (Å²) in [4.78, 5) is 24.0. The minimum atomic E-state index is -3.82. The first-order valence-electron chi connectivity index (χ1n) is 8.92. The first kappa shape index (κ1) is 22.0. The zero-order valence-corrected chi connectivity index (χ0v) is 17.9. The van der Waals surface area contributed by atoms with E-state index in [0.29, 0.717) is 16.3 Å². The SMILES string of the molecule is Cc1ccc(NS(=O)(=O)c2ccc(C(=O)OCC(=O)Nc3sccc3C#N)cc2)cc1. The Morgan fingerprint density at radius 3 is 2.39 bits per heavy atom. The molecule has 3 rings (SSSR count). The van der Waals surface area contributed by atoms with Crippen molar-refractivity contribution in [3.05, 3.63) is 76.7 Å². The molecule has 10 heteroatoms. The van der Waals surface area contributed by atoms with E-state index in [1.807, 2.05) is 13.0 Å². The number of benzene rings is 2. The van der Waals surface area contributed by atoms with Crippen molar-refractivity contribution in [1.29, 1.82) is 5.26 Å². The summed E-state index contributed by atoms with van der Waals surface area (Å²) in [7, 11) is -3.82. The number of sulfonamides is 1. The number of aryl methyl sites for hydroxylation is 1. The van der Waals surface area contributed by atoms with Crippen LogP contribution in [-0.2, 0) is 19.6 Å². The second-order valence-electron chi connectivity index (χ2n) is 6.40. The summed E-state index contributed by atoms with van der Waals surface area (Å²) in [5.74, 6) is -1.37. The average molecular weight is 456 g/mol. The third-order valence-electron chi connectivity index (χ3n) is 4.08. The van der Waals surface area contributed by atoms with Crippen LogP contribution in [0.4, 0.5) is 10.7 Å². The van der Waals surface area contributed by atoms with Crippen LogP contribution in [0.2, 0.25) is 0 Å². The number of nitrogens with zero attached hydrogens (tertiary/aromatic N) is 1. The van der Waals surface area contributed by atoms with Crippen LogP contribution < -0.4 is 10.0 Å².